The van der Waals surface area contributed by atoms with E-state index in [2.05, 4.69) is 60.2 Å². The Balaban J connectivity index is -0.0000000137. The summed E-state index contributed by atoms with van der Waals surface area (Å²) in [4.78, 5) is 19.3. The Bertz CT molecular complexity index is 1190. The predicted molar refractivity (Wildman–Crippen MR) is 312 cm³/mol. The van der Waals surface area contributed by atoms with Gasteiger partial charge in [0, 0.05) is 320 Å². The molecule has 76 heavy (non-hydrogen) atoms. The molecule has 0 N–H and O–H groups in total. The summed E-state index contributed by atoms with van der Waals surface area (Å²) < 4.78 is 2.76. The zero-order chi connectivity index (χ0) is 47.1. The molecule has 0 aliphatic rings. The fraction of sp³-hybridized carbons (Fsp3) is 0.350. The van der Waals surface area contributed by atoms with Gasteiger partial charge in [-0.15, -0.1) is 6.92 Å². The first-order valence-corrected chi connectivity index (χ1v) is 22.2. The Hall–Kier alpha value is 5.36. The molecule has 4 heterocycles. The fourth-order valence-electron chi connectivity index (χ4n) is 2.33. The van der Waals surface area contributed by atoms with Crippen LogP contribution in [0, 0.1) is 113 Å². The first kappa shape index (κ1) is 178. The van der Waals surface area contributed by atoms with Gasteiger partial charge in [-0.1, -0.05) is 145 Å². The molecule has 429 valence electrons. The largest absolute Gasteiger partial charge is 2.00 e. The Labute approximate surface area is 713 Å². The van der Waals surface area contributed by atoms with E-state index in [0.29, 0.717) is 0 Å². The van der Waals surface area contributed by atoms with Crippen molar-refractivity contribution in [1.82, 2.24) is 24.9 Å². The van der Waals surface area contributed by atoms with Gasteiger partial charge < -0.3 is 84.2 Å². The van der Waals surface area contributed by atoms with E-state index >= 15 is 0 Å². The Morgan fingerprint density at radius 3 is 0.868 bits per heavy atom. The van der Waals surface area contributed by atoms with E-state index in [9.17, 15) is 0 Å². The van der Waals surface area contributed by atoms with Crippen LogP contribution in [0.4, 0.5) is 0 Å². The van der Waals surface area contributed by atoms with Crippen LogP contribution in [-0.2, 0) is 312 Å². The number of hydrogen-bond donors (Lipinski definition) is 0. The predicted octanol–water partition coefficient (Wildman–Crippen LogP) is 19.4. The smallest absolute Gasteiger partial charge is 0.394 e. The number of nitrogens with zero attached hydrogens (tertiary/aromatic N) is 5. The van der Waals surface area contributed by atoms with Crippen LogP contribution in [0.15, 0.2) is 135 Å². The fourth-order valence-corrected chi connectivity index (χ4v) is 2.33. The number of pyridine rings is 3. The van der Waals surface area contributed by atoms with E-state index in [1.165, 1.54) is 48.4 Å². The first-order valence-electron chi connectivity index (χ1n) is 20.7. The normalized spacial score (nSPS) is 5.38. The summed E-state index contributed by atoms with van der Waals surface area (Å²) in [6.07, 6.45) is 22.6. The molecule has 16 heteroatoms. The van der Waals surface area contributed by atoms with Crippen LogP contribution in [-0.4, -0.2) is 29.0 Å². The second-order valence-electron chi connectivity index (χ2n) is 8.60. The molecule has 0 saturated heterocycles. The Morgan fingerprint density at radius 2 is 0.737 bits per heavy atom. The zero-order valence-electron chi connectivity index (χ0n) is 54.2. The van der Waals surface area contributed by atoms with Gasteiger partial charge in [0.05, 0.1) is 0 Å². The van der Waals surface area contributed by atoms with Gasteiger partial charge in [-0.25, -0.2) is 9.97 Å². The van der Waals surface area contributed by atoms with Gasteiger partial charge in [-0.05, 0) is 81.6 Å². The van der Waals surface area contributed by atoms with Crippen LogP contribution in [0.3, 0.4) is 0 Å². The third-order valence-corrected chi connectivity index (χ3v) is 5.20. The number of allylic oxidation sites excluding steroid dienone is 4. The van der Waals surface area contributed by atoms with Crippen molar-refractivity contribution in [2.75, 3.05) is 0 Å². The van der Waals surface area contributed by atoms with Crippen LogP contribution in [0.2, 0.25) is 0 Å². The van der Waals surface area contributed by atoms with Crippen molar-refractivity contribution in [1.29, 1.82) is 0 Å². The number of rotatable bonds is 1. The average Bonchev–Trinajstić information content (AvgIpc) is 3.31. The minimum atomic E-state index is 0. The van der Waals surface area contributed by atoms with Gasteiger partial charge >= 0.3 is 57.5 Å². The SMILES string of the molecule is CC.CC.CC.CC.CC.CC.CC.C[C-]=[C]=[W].Cc1ccccc1.Cc1ccccn1.Cc1cccnc1.Cc1ccncc1.Cc1cncnc1.[CH-]=CC=[C-]C.[CH3-].[CH3-].[CH3-].[CH3-].[CH3-].[CH3-].[CH3-].[CH3-].[W+2].[W].[W].[Y].[Y].[Y].[Y].[Y].[Y].[Y]. The van der Waals surface area contributed by atoms with Crippen LogP contribution >= 0.6 is 0 Å². The summed E-state index contributed by atoms with van der Waals surface area (Å²) in [5.74, 6) is 0. The Morgan fingerprint density at radius 1 is 0.421 bits per heavy atom. The molecule has 0 bridgehead atoms. The van der Waals surface area contributed by atoms with Crippen molar-refractivity contribution >= 4 is 4.06 Å². The summed E-state index contributed by atoms with van der Waals surface area (Å²) in [7, 11) is 0. The maximum atomic E-state index is 4.90. The molecule has 0 fully saturated rings. The standard InChI is InChI=1S/C7H8.3C6H7N.C5H6N2.C5H6.C3H3.7C2H6.8CH3.4W.7Y/c1-7-5-3-2-4-6-7;1-6-2-4-7-5-3-6;1-6-3-2-4-7-5-6;1-6-4-2-3-5-7-6;1-5-2-6-4-7-3-5;1-3-5-4-2;1-3-2;7*1-2;;;;;;;;;;;;;;;;;;;/h2-6H,1H3;3*2-5H,1H3;2-4H,1H3;1,3,5H,2H3;1H3;7*1-2H3;8*1H3;;;;;;;;;;;/q;;;;;-2;-1;;;;;;;;8*-1;;;;+2;;;;;;;. The monoisotopic (exact) mass is 2260 g/mol. The molecule has 5 nitrogen and oxygen atoms in total. The van der Waals surface area contributed by atoms with E-state index in [1.807, 2.05) is 198 Å². The topological polar surface area (TPSA) is 64.5 Å². The summed E-state index contributed by atoms with van der Waals surface area (Å²) in [6, 6.07) is 24.0. The third-order valence-electron chi connectivity index (χ3n) is 4.46. The molecule has 0 aliphatic heterocycles. The van der Waals surface area contributed by atoms with E-state index in [-0.39, 0.29) is 352 Å². The molecule has 5 aromatic rings. The van der Waals surface area contributed by atoms with E-state index < -0.39 is 0 Å². The van der Waals surface area contributed by atoms with Gasteiger partial charge in [0.25, 0.3) is 0 Å². The molecule has 4 aromatic heterocycles. The molecule has 0 saturated carbocycles. The first-order chi connectivity index (χ1) is 28.3. The van der Waals surface area contributed by atoms with E-state index in [0.717, 1.165) is 11.3 Å². The van der Waals surface area contributed by atoms with Crippen molar-refractivity contribution in [2.24, 2.45) is 0 Å². The second-order valence-corrected chi connectivity index (χ2v) is 9.33. The van der Waals surface area contributed by atoms with Crippen LogP contribution in [0.25, 0.3) is 0 Å². The molecule has 0 aliphatic carbocycles. The van der Waals surface area contributed by atoms with Crippen molar-refractivity contribution in [3.63, 3.8) is 0 Å². The number of aromatic nitrogens is 5. The molecule has 0 unspecified atom stereocenters. The average molecular weight is 2260 g/mol. The summed E-state index contributed by atoms with van der Waals surface area (Å²) in [5, 5.41) is 0. The maximum Gasteiger partial charge on any atom is 2.00 e. The van der Waals surface area contributed by atoms with Crippen molar-refractivity contribution in [2.45, 2.75) is 145 Å². The second kappa shape index (κ2) is 200. The van der Waals surface area contributed by atoms with Crippen LogP contribution in [0.1, 0.15) is 139 Å². The quantitative estimate of drug-likeness (QED) is 0.124. The molecule has 5 rings (SSSR count). The maximum absolute atomic E-state index is 4.90. The van der Waals surface area contributed by atoms with Gasteiger partial charge in [0.15, 0.2) is 0 Å². The molecule has 7 radical (unpaired) electrons. The number of aryl methyl sites for hydroxylation is 5. The molecular weight excluding hydrogens is 2150 g/mol. The van der Waals surface area contributed by atoms with Gasteiger partial charge in [0.1, 0.15) is 6.33 Å². The van der Waals surface area contributed by atoms with Crippen molar-refractivity contribution in [3.05, 3.63) is 241 Å². The van der Waals surface area contributed by atoms with Gasteiger partial charge in [0.2, 0.25) is 0 Å². The van der Waals surface area contributed by atoms with E-state index in [4.69, 9.17) is 6.58 Å². The van der Waals surface area contributed by atoms with Crippen LogP contribution in [0.5, 0.6) is 0 Å². The number of hydrogen-bond acceptors (Lipinski definition) is 5. The van der Waals surface area contributed by atoms with E-state index in [1.54, 1.807) is 50.2 Å². The Kier molecular flexibility index (Phi) is 467. The summed E-state index contributed by atoms with van der Waals surface area (Å²) >= 11 is 1.34. The van der Waals surface area contributed by atoms with Crippen molar-refractivity contribution < 1.29 is 312 Å². The molecule has 1 aromatic carbocycles. The zero-order valence-corrected chi connectivity index (χ0v) is 85.8. The summed E-state index contributed by atoms with van der Waals surface area (Å²) in [6.45, 7) is 46.6. The minimum absolute atomic E-state index is 0. The van der Waals surface area contributed by atoms with Gasteiger partial charge in [-0.2, -0.15) is 0 Å². The van der Waals surface area contributed by atoms with Crippen molar-refractivity contribution in [3.8, 4) is 0 Å². The molecule has 0 atom stereocenters. The summed E-state index contributed by atoms with van der Waals surface area (Å²) in [5.41, 5.74) is 5.96. The van der Waals surface area contributed by atoms with Gasteiger partial charge in [-0.3, -0.25) is 15.0 Å². The molecule has 0 spiro atoms. The molecule has 0 amide bonds. The molecular formula is C60H110N5W4Y7-9. The minimum Gasteiger partial charge on any atom is -0.394 e. The van der Waals surface area contributed by atoms with Crippen LogP contribution < -0.4 is 0 Å². The number of benzene rings is 1. The third kappa shape index (κ3) is 208.